The van der Waals surface area contributed by atoms with Gasteiger partial charge in [-0.15, -0.1) is 0 Å². The maximum atomic E-state index is 13.2. The molecule has 5 rings (SSSR count). The van der Waals surface area contributed by atoms with E-state index in [1.165, 1.54) is 16.7 Å². The smallest absolute Gasteiger partial charge is 0.226 e. The first kappa shape index (κ1) is 20.8. The standard InChI is InChI=1S/C28H30N2O2/c1-32-24-14-12-21(13-15-24)25-20-26(25)28(31)30-18-16-29(17-19-30)27(22-8-4-2-5-9-22)23-10-6-3-7-11-23/h2-15,25-27H,16-20H2,1H3. The molecule has 0 aromatic heterocycles. The minimum Gasteiger partial charge on any atom is -0.497 e. The number of nitrogens with zero attached hydrogens (tertiary/aromatic N) is 2. The second-order valence-corrected chi connectivity index (χ2v) is 8.81. The second-order valence-electron chi connectivity index (χ2n) is 8.81. The van der Waals surface area contributed by atoms with Crippen LogP contribution in [-0.2, 0) is 4.79 Å². The summed E-state index contributed by atoms with van der Waals surface area (Å²) in [5, 5.41) is 0. The summed E-state index contributed by atoms with van der Waals surface area (Å²) >= 11 is 0. The second kappa shape index (κ2) is 9.17. The van der Waals surface area contributed by atoms with Crippen LogP contribution in [0.2, 0.25) is 0 Å². The van der Waals surface area contributed by atoms with Crippen molar-refractivity contribution in [1.29, 1.82) is 0 Å². The highest BCUT2D eigenvalue weighted by Crippen LogP contribution is 2.48. The van der Waals surface area contributed by atoms with Gasteiger partial charge in [0.2, 0.25) is 5.91 Å². The Labute approximate surface area is 190 Å². The molecular weight excluding hydrogens is 396 g/mol. The summed E-state index contributed by atoms with van der Waals surface area (Å²) in [7, 11) is 1.68. The molecule has 3 aromatic carbocycles. The van der Waals surface area contributed by atoms with Gasteiger partial charge in [-0.3, -0.25) is 9.69 Å². The first-order valence-electron chi connectivity index (χ1n) is 11.5. The molecule has 4 nitrogen and oxygen atoms in total. The van der Waals surface area contributed by atoms with Crippen LogP contribution in [0.25, 0.3) is 0 Å². The Balaban J connectivity index is 1.23. The number of hydrogen-bond donors (Lipinski definition) is 0. The number of rotatable bonds is 6. The highest BCUT2D eigenvalue weighted by molar-refractivity contribution is 5.83. The minimum absolute atomic E-state index is 0.133. The van der Waals surface area contributed by atoms with Gasteiger partial charge < -0.3 is 9.64 Å². The number of amides is 1. The maximum absolute atomic E-state index is 13.2. The zero-order chi connectivity index (χ0) is 21.9. The fourth-order valence-electron chi connectivity index (χ4n) is 5.01. The molecule has 1 aliphatic heterocycles. The molecule has 1 heterocycles. The lowest BCUT2D eigenvalue weighted by atomic mass is 9.96. The minimum atomic E-state index is 0.133. The van der Waals surface area contributed by atoms with E-state index in [0.29, 0.717) is 11.8 Å². The van der Waals surface area contributed by atoms with E-state index in [4.69, 9.17) is 4.74 Å². The van der Waals surface area contributed by atoms with Gasteiger partial charge in [-0.05, 0) is 41.2 Å². The van der Waals surface area contributed by atoms with Gasteiger partial charge >= 0.3 is 0 Å². The molecule has 1 amide bonds. The molecule has 1 saturated heterocycles. The number of ether oxygens (including phenoxy) is 1. The number of benzene rings is 3. The fourth-order valence-corrected chi connectivity index (χ4v) is 5.01. The SMILES string of the molecule is COc1ccc(C2CC2C(=O)N2CCN(C(c3ccccc3)c3ccccc3)CC2)cc1. The Morgan fingerprint density at radius 1 is 0.812 bits per heavy atom. The topological polar surface area (TPSA) is 32.8 Å². The van der Waals surface area contributed by atoms with Crippen molar-refractivity contribution in [3.8, 4) is 5.75 Å². The van der Waals surface area contributed by atoms with Gasteiger partial charge in [-0.2, -0.15) is 0 Å². The number of carbonyl (C=O) groups excluding carboxylic acids is 1. The summed E-state index contributed by atoms with van der Waals surface area (Å²) in [5.74, 6) is 1.67. The van der Waals surface area contributed by atoms with Crippen LogP contribution in [0.5, 0.6) is 5.75 Å². The Kier molecular flexibility index (Phi) is 5.95. The maximum Gasteiger partial charge on any atom is 0.226 e. The van der Waals surface area contributed by atoms with E-state index in [9.17, 15) is 4.79 Å². The summed E-state index contributed by atoms with van der Waals surface area (Å²) in [6.45, 7) is 3.36. The Hall–Kier alpha value is -3.11. The van der Waals surface area contributed by atoms with E-state index in [1.54, 1.807) is 7.11 Å². The molecule has 2 unspecified atom stereocenters. The molecule has 0 N–H and O–H groups in total. The molecule has 0 spiro atoms. The summed E-state index contributed by atoms with van der Waals surface area (Å²) in [4.78, 5) is 17.8. The molecule has 2 aliphatic rings. The van der Waals surface area contributed by atoms with Gasteiger partial charge in [0.05, 0.1) is 13.2 Å². The highest BCUT2D eigenvalue weighted by Gasteiger charge is 2.46. The average Bonchev–Trinajstić information content (AvgIpc) is 3.67. The van der Waals surface area contributed by atoms with E-state index < -0.39 is 0 Å². The van der Waals surface area contributed by atoms with Gasteiger partial charge in [-0.1, -0.05) is 72.8 Å². The lowest BCUT2D eigenvalue weighted by Gasteiger charge is -2.40. The molecule has 2 atom stereocenters. The lowest BCUT2D eigenvalue weighted by Crippen LogP contribution is -2.50. The van der Waals surface area contributed by atoms with E-state index in [-0.39, 0.29) is 12.0 Å². The third kappa shape index (κ3) is 4.28. The zero-order valence-corrected chi connectivity index (χ0v) is 18.6. The van der Waals surface area contributed by atoms with Crippen molar-refractivity contribution < 1.29 is 9.53 Å². The predicted octanol–water partition coefficient (Wildman–Crippen LogP) is 4.73. The fraction of sp³-hybridized carbons (Fsp3) is 0.321. The van der Waals surface area contributed by atoms with Crippen LogP contribution in [-0.4, -0.2) is 49.0 Å². The largest absolute Gasteiger partial charge is 0.497 e. The van der Waals surface area contributed by atoms with Crippen molar-refractivity contribution in [2.45, 2.75) is 18.4 Å². The van der Waals surface area contributed by atoms with Crippen LogP contribution in [0.3, 0.4) is 0 Å². The van der Waals surface area contributed by atoms with Crippen LogP contribution < -0.4 is 4.74 Å². The molecule has 164 valence electrons. The first-order valence-corrected chi connectivity index (χ1v) is 11.5. The van der Waals surface area contributed by atoms with Gasteiger partial charge in [0.25, 0.3) is 0 Å². The Bertz CT molecular complexity index is 989. The summed E-state index contributed by atoms with van der Waals surface area (Å²) in [6, 6.07) is 29.8. The van der Waals surface area contributed by atoms with Crippen LogP contribution in [0, 0.1) is 5.92 Å². The normalized spacial score (nSPS) is 20.9. The summed E-state index contributed by atoms with van der Waals surface area (Å²) in [6.07, 6.45) is 0.960. The van der Waals surface area contributed by atoms with Crippen LogP contribution >= 0.6 is 0 Å². The van der Waals surface area contributed by atoms with Crippen molar-refractivity contribution in [2.24, 2.45) is 5.92 Å². The molecule has 32 heavy (non-hydrogen) atoms. The van der Waals surface area contributed by atoms with E-state index in [1.807, 2.05) is 12.1 Å². The molecule has 3 aromatic rings. The zero-order valence-electron chi connectivity index (χ0n) is 18.6. The van der Waals surface area contributed by atoms with Crippen molar-refractivity contribution in [1.82, 2.24) is 9.80 Å². The molecule has 1 saturated carbocycles. The van der Waals surface area contributed by atoms with Gasteiger partial charge in [0.15, 0.2) is 0 Å². The highest BCUT2D eigenvalue weighted by atomic mass is 16.5. The summed E-state index contributed by atoms with van der Waals surface area (Å²) < 4.78 is 5.25. The third-order valence-electron chi connectivity index (χ3n) is 6.87. The Morgan fingerprint density at radius 2 is 1.38 bits per heavy atom. The van der Waals surface area contributed by atoms with Crippen LogP contribution in [0.1, 0.15) is 35.1 Å². The first-order chi connectivity index (χ1) is 15.7. The van der Waals surface area contributed by atoms with Crippen LogP contribution in [0.15, 0.2) is 84.9 Å². The van der Waals surface area contributed by atoms with Gasteiger partial charge in [-0.25, -0.2) is 0 Å². The Morgan fingerprint density at radius 3 is 1.91 bits per heavy atom. The van der Waals surface area contributed by atoms with E-state index in [2.05, 4.69) is 82.6 Å². The van der Waals surface area contributed by atoms with Gasteiger partial charge in [0, 0.05) is 32.1 Å². The lowest BCUT2D eigenvalue weighted by molar-refractivity contribution is -0.134. The van der Waals surface area contributed by atoms with E-state index >= 15 is 0 Å². The monoisotopic (exact) mass is 426 g/mol. The number of carbonyl (C=O) groups is 1. The third-order valence-corrected chi connectivity index (χ3v) is 6.87. The predicted molar refractivity (Wildman–Crippen MR) is 127 cm³/mol. The van der Waals surface area contributed by atoms with Crippen molar-refractivity contribution in [3.05, 3.63) is 102 Å². The summed E-state index contributed by atoms with van der Waals surface area (Å²) in [5.41, 5.74) is 3.86. The number of piperazine rings is 1. The molecular formula is C28H30N2O2. The molecule has 2 fully saturated rings. The molecule has 4 heteroatoms. The van der Waals surface area contributed by atoms with Crippen molar-refractivity contribution >= 4 is 5.91 Å². The van der Waals surface area contributed by atoms with Crippen molar-refractivity contribution in [2.75, 3.05) is 33.3 Å². The van der Waals surface area contributed by atoms with Crippen molar-refractivity contribution in [3.63, 3.8) is 0 Å². The quantitative estimate of drug-likeness (QED) is 0.571. The molecule has 1 aliphatic carbocycles. The molecule has 0 radical (unpaired) electrons. The van der Waals surface area contributed by atoms with Gasteiger partial charge in [0.1, 0.15) is 5.75 Å². The van der Waals surface area contributed by atoms with Crippen LogP contribution in [0.4, 0.5) is 0 Å². The number of hydrogen-bond acceptors (Lipinski definition) is 3. The molecule has 0 bridgehead atoms. The average molecular weight is 427 g/mol. The van der Waals surface area contributed by atoms with E-state index in [0.717, 1.165) is 38.3 Å². The number of methoxy groups -OCH3 is 1.